The fourth-order valence-electron chi connectivity index (χ4n) is 1.89. The largest absolute Gasteiger partial charge is 0.421 e. The second-order valence-corrected chi connectivity index (χ2v) is 4.78. The van der Waals surface area contributed by atoms with Crippen molar-refractivity contribution in [2.75, 3.05) is 13.6 Å². The highest BCUT2D eigenvalue weighted by Crippen LogP contribution is 2.18. The van der Waals surface area contributed by atoms with E-state index in [0.29, 0.717) is 17.3 Å². The molecule has 0 N–H and O–H groups in total. The lowest BCUT2D eigenvalue weighted by Crippen LogP contribution is -2.27. The Balaban J connectivity index is 2.10. The number of aromatic nitrogens is 2. The number of carbonyl (C=O) groups is 1. The molecule has 0 atom stereocenters. The van der Waals surface area contributed by atoms with Gasteiger partial charge in [-0.05, 0) is 30.7 Å². The number of carbonyl (C=O) groups excluding carboxylic acids is 1. The van der Waals surface area contributed by atoms with E-state index in [1.54, 1.807) is 24.0 Å². The highest BCUT2D eigenvalue weighted by molar-refractivity contribution is 5.94. The maximum atomic E-state index is 12.2. The van der Waals surface area contributed by atoms with Crippen LogP contribution in [0.25, 0.3) is 11.5 Å². The van der Waals surface area contributed by atoms with E-state index in [0.717, 1.165) is 24.9 Å². The Bertz CT molecular complexity index is 575. The van der Waals surface area contributed by atoms with Crippen LogP contribution in [0.15, 0.2) is 28.7 Å². The van der Waals surface area contributed by atoms with E-state index in [1.807, 2.05) is 19.2 Å². The molecule has 0 bridgehead atoms. The molecule has 0 spiro atoms. The second kappa shape index (κ2) is 6.32. The van der Waals surface area contributed by atoms with Gasteiger partial charge in [0, 0.05) is 31.6 Å². The fraction of sp³-hybridized carbons (Fsp3) is 0.400. The van der Waals surface area contributed by atoms with Crippen molar-refractivity contribution in [2.24, 2.45) is 0 Å². The number of aryl methyl sites for hydroxylation is 1. The summed E-state index contributed by atoms with van der Waals surface area (Å²) in [7, 11) is 1.83. The van der Waals surface area contributed by atoms with Crippen LogP contribution in [0.3, 0.4) is 0 Å². The van der Waals surface area contributed by atoms with Gasteiger partial charge in [0.25, 0.3) is 5.91 Å². The first-order chi connectivity index (χ1) is 9.61. The van der Waals surface area contributed by atoms with E-state index < -0.39 is 0 Å². The molecule has 2 aromatic rings. The van der Waals surface area contributed by atoms with Crippen molar-refractivity contribution in [2.45, 2.75) is 26.7 Å². The molecule has 0 aliphatic heterocycles. The molecule has 1 aromatic heterocycles. The number of benzene rings is 1. The molecule has 0 saturated heterocycles. The minimum absolute atomic E-state index is 0.0340. The Morgan fingerprint density at radius 3 is 2.50 bits per heavy atom. The van der Waals surface area contributed by atoms with Crippen molar-refractivity contribution in [1.29, 1.82) is 0 Å². The summed E-state index contributed by atoms with van der Waals surface area (Å²) < 4.78 is 5.35. The maximum Gasteiger partial charge on any atom is 0.253 e. The van der Waals surface area contributed by atoms with Crippen LogP contribution in [0.2, 0.25) is 0 Å². The number of rotatable bonds is 5. The molecule has 0 aliphatic rings. The van der Waals surface area contributed by atoms with Gasteiger partial charge >= 0.3 is 0 Å². The zero-order chi connectivity index (χ0) is 14.5. The summed E-state index contributed by atoms with van der Waals surface area (Å²) in [5.41, 5.74) is 1.49. The van der Waals surface area contributed by atoms with Crippen LogP contribution >= 0.6 is 0 Å². The summed E-state index contributed by atoms with van der Waals surface area (Å²) in [6.07, 6.45) is 2.09. The number of amides is 1. The van der Waals surface area contributed by atoms with Gasteiger partial charge in [0.1, 0.15) is 0 Å². The lowest BCUT2D eigenvalue weighted by Gasteiger charge is -2.16. The first kappa shape index (κ1) is 14.2. The molecule has 0 aliphatic carbocycles. The van der Waals surface area contributed by atoms with E-state index in [1.165, 1.54) is 0 Å². The van der Waals surface area contributed by atoms with Crippen LogP contribution in [0.1, 0.15) is 36.0 Å². The molecule has 20 heavy (non-hydrogen) atoms. The summed E-state index contributed by atoms with van der Waals surface area (Å²) in [6.45, 7) is 4.64. The predicted molar refractivity (Wildman–Crippen MR) is 76.3 cm³/mol. The van der Waals surface area contributed by atoms with Crippen molar-refractivity contribution in [3.63, 3.8) is 0 Å². The van der Waals surface area contributed by atoms with Crippen LogP contribution in [-0.4, -0.2) is 34.6 Å². The zero-order valence-corrected chi connectivity index (χ0v) is 12.1. The average Bonchev–Trinajstić information content (AvgIpc) is 2.90. The second-order valence-electron chi connectivity index (χ2n) is 4.78. The summed E-state index contributed by atoms with van der Waals surface area (Å²) in [5.74, 6) is 1.03. The first-order valence-electron chi connectivity index (χ1n) is 6.78. The van der Waals surface area contributed by atoms with Crippen LogP contribution in [-0.2, 0) is 0 Å². The van der Waals surface area contributed by atoms with Crippen molar-refractivity contribution in [1.82, 2.24) is 15.1 Å². The minimum atomic E-state index is 0.0340. The third kappa shape index (κ3) is 3.23. The van der Waals surface area contributed by atoms with E-state index in [9.17, 15) is 4.79 Å². The van der Waals surface area contributed by atoms with Crippen LogP contribution < -0.4 is 0 Å². The van der Waals surface area contributed by atoms with Crippen molar-refractivity contribution >= 4 is 5.91 Å². The summed E-state index contributed by atoms with van der Waals surface area (Å²) >= 11 is 0. The summed E-state index contributed by atoms with van der Waals surface area (Å²) in [4.78, 5) is 13.9. The minimum Gasteiger partial charge on any atom is -0.421 e. The van der Waals surface area contributed by atoms with Gasteiger partial charge in [0.2, 0.25) is 11.8 Å². The molecule has 5 nitrogen and oxygen atoms in total. The number of unbranched alkanes of at least 4 members (excludes halogenated alkanes) is 1. The number of hydrogen-bond acceptors (Lipinski definition) is 4. The van der Waals surface area contributed by atoms with Gasteiger partial charge in [0.15, 0.2) is 0 Å². The third-order valence-electron chi connectivity index (χ3n) is 3.10. The molecule has 0 fully saturated rings. The van der Waals surface area contributed by atoms with E-state index in [4.69, 9.17) is 4.42 Å². The zero-order valence-electron chi connectivity index (χ0n) is 12.1. The van der Waals surface area contributed by atoms with E-state index >= 15 is 0 Å². The molecule has 2 rings (SSSR count). The van der Waals surface area contributed by atoms with Gasteiger partial charge in [-0.15, -0.1) is 10.2 Å². The lowest BCUT2D eigenvalue weighted by molar-refractivity contribution is 0.0793. The molecule has 1 aromatic carbocycles. The van der Waals surface area contributed by atoms with Gasteiger partial charge < -0.3 is 9.32 Å². The van der Waals surface area contributed by atoms with E-state index in [-0.39, 0.29) is 5.91 Å². The van der Waals surface area contributed by atoms with Crippen LogP contribution in [0.4, 0.5) is 0 Å². The lowest BCUT2D eigenvalue weighted by atomic mass is 10.1. The smallest absolute Gasteiger partial charge is 0.253 e. The van der Waals surface area contributed by atoms with Gasteiger partial charge in [-0.3, -0.25) is 4.79 Å². The van der Waals surface area contributed by atoms with Crippen LogP contribution in [0.5, 0.6) is 0 Å². The topological polar surface area (TPSA) is 59.2 Å². The van der Waals surface area contributed by atoms with Gasteiger partial charge in [-0.25, -0.2) is 0 Å². The van der Waals surface area contributed by atoms with Crippen molar-refractivity contribution in [3.8, 4) is 11.5 Å². The van der Waals surface area contributed by atoms with E-state index in [2.05, 4.69) is 17.1 Å². The highest BCUT2D eigenvalue weighted by Gasteiger charge is 2.12. The molecule has 5 heteroatoms. The average molecular weight is 273 g/mol. The Morgan fingerprint density at radius 1 is 1.25 bits per heavy atom. The standard InChI is InChI=1S/C15H19N3O2/c1-4-5-10-18(3)15(19)13-8-6-12(7-9-13)14-17-16-11(2)20-14/h6-9H,4-5,10H2,1-3H3. The van der Waals surface area contributed by atoms with Gasteiger partial charge in [-0.2, -0.15) is 0 Å². The first-order valence-corrected chi connectivity index (χ1v) is 6.78. The summed E-state index contributed by atoms with van der Waals surface area (Å²) in [5, 5.41) is 7.74. The Labute approximate surface area is 118 Å². The molecular formula is C15H19N3O2. The Morgan fingerprint density at radius 2 is 1.95 bits per heavy atom. The number of nitrogens with zero attached hydrogens (tertiary/aromatic N) is 3. The monoisotopic (exact) mass is 273 g/mol. The molecule has 0 unspecified atom stereocenters. The van der Waals surface area contributed by atoms with Crippen LogP contribution in [0, 0.1) is 6.92 Å². The molecule has 0 saturated carbocycles. The normalized spacial score (nSPS) is 10.6. The molecule has 0 radical (unpaired) electrons. The molecule has 106 valence electrons. The molecule has 1 heterocycles. The third-order valence-corrected chi connectivity index (χ3v) is 3.10. The quantitative estimate of drug-likeness (QED) is 0.840. The molecular weight excluding hydrogens is 254 g/mol. The number of hydrogen-bond donors (Lipinski definition) is 0. The predicted octanol–water partition coefficient (Wildman–Crippen LogP) is 2.92. The maximum absolute atomic E-state index is 12.2. The molecule has 1 amide bonds. The SMILES string of the molecule is CCCCN(C)C(=O)c1ccc(-c2nnc(C)o2)cc1. The highest BCUT2D eigenvalue weighted by atomic mass is 16.4. The van der Waals surface area contributed by atoms with Crippen molar-refractivity contribution < 1.29 is 9.21 Å². The Hall–Kier alpha value is -2.17. The van der Waals surface area contributed by atoms with Gasteiger partial charge in [0.05, 0.1) is 0 Å². The Kier molecular flexibility index (Phi) is 4.50. The summed E-state index contributed by atoms with van der Waals surface area (Å²) in [6, 6.07) is 7.24. The fourth-order valence-corrected chi connectivity index (χ4v) is 1.89. The van der Waals surface area contributed by atoms with Gasteiger partial charge in [-0.1, -0.05) is 13.3 Å². The van der Waals surface area contributed by atoms with Crippen molar-refractivity contribution in [3.05, 3.63) is 35.7 Å².